The maximum atomic E-state index is 6.10. The Morgan fingerprint density at radius 3 is 2.41 bits per heavy atom. The summed E-state index contributed by atoms with van der Waals surface area (Å²) in [4.78, 5) is 4.32. The van der Waals surface area contributed by atoms with Gasteiger partial charge in [0.25, 0.3) is 0 Å². The smallest absolute Gasteiger partial charge is 0.203 e. The highest BCUT2D eigenvalue weighted by atomic mass is 15.3. The molecule has 4 aromatic rings. The van der Waals surface area contributed by atoms with Crippen LogP contribution in [0.4, 0.5) is 5.82 Å². The molecule has 6 nitrogen and oxygen atoms in total. The van der Waals surface area contributed by atoms with E-state index in [9.17, 15) is 0 Å². The molecule has 4 N–H and O–H groups in total. The second-order valence-electron chi connectivity index (χ2n) is 8.80. The molecule has 5 rings (SSSR count). The van der Waals surface area contributed by atoms with Crippen molar-refractivity contribution in [2.24, 2.45) is 0 Å². The van der Waals surface area contributed by atoms with E-state index in [1.54, 1.807) is 0 Å². The number of nitrogens with zero attached hydrogens (tertiary/aromatic N) is 3. The van der Waals surface area contributed by atoms with Gasteiger partial charge in [-0.05, 0) is 67.3 Å². The van der Waals surface area contributed by atoms with E-state index < -0.39 is 0 Å². The van der Waals surface area contributed by atoms with Crippen molar-refractivity contribution in [3.63, 3.8) is 0 Å². The maximum absolute atomic E-state index is 6.10. The molecule has 0 spiro atoms. The van der Waals surface area contributed by atoms with Gasteiger partial charge in [0.05, 0.1) is 0 Å². The number of nitrogens with two attached hydrogens (primary N) is 1. The van der Waals surface area contributed by atoms with Crippen LogP contribution in [0.2, 0.25) is 0 Å². The maximum Gasteiger partial charge on any atom is 0.203 e. The number of pyridine rings is 1. The SMILES string of the molecule is Nc1cc([C@H](CCNC2CCC(c3ccccc3)CC2)c2ccccc2)c2n[nH]nc2n1. The minimum atomic E-state index is 0.183. The minimum absolute atomic E-state index is 0.183. The number of aromatic amines is 1. The van der Waals surface area contributed by atoms with Crippen molar-refractivity contribution >= 4 is 17.0 Å². The number of hydrogen-bond acceptors (Lipinski definition) is 5. The van der Waals surface area contributed by atoms with Crippen LogP contribution in [-0.4, -0.2) is 33.0 Å². The van der Waals surface area contributed by atoms with Gasteiger partial charge in [0.15, 0.2) is 0 Å². The largest absolute Gasteiger partial charge is 0.384 e. The number of hydrogen-bond donors (Lipinski definition) is 3. The minimum Gasteiger partial charge on any atom is -0.384 e. The van der Waals surface area contributed by atoms with Crippen molar-refractivity contribution in [3.8, 4) is 0 Å². The molecular weight excluding hydrogens is 396 g/mol. The normalized spacial score (nSPS) is 19.8. The molecule has 0 aliphatic heterocycles. The quantitative estimate of drug-likeness (QED) is 0.396. The third-order valence-electron chi connectivity index (χ3n) is 6.78. The van der Waals surface area contributed by atoms with Crippen molar-refractivity contribution in [1.82, 2.24) is 25.7 Å². The van der Waals surface area contributed by atoms with Gasteiger partial charge in [-0.15, -0.1) is 5.10 Å². The van der Waals surface area contributed by atoms with Crippen LogP contribution in [0.1, 0.15) is 60.6 Å². The van der Waals surface area contributed by atoms with Gasteiger partial charge in [-0.3, -0.25) is 0 Å². The first-order valence-corrected chi connectivity index (χ1v) is 11.6. The van der Waals surface area contributed by atoms with Crippen molar-refractivity contribution < 1.29 is 0 Å². The van der Waals surface area contributed by atoms with E-state index in [-0.39, 0.29) is 5.92 Å². The lowest BCUT2D eigenvalue weighted by atomic mass is 9.81. The number of nitrogens with one attached hydrogen (secondary N) is 2. The number of benzene rings is 2. The summed E-state index contributed by atoms with van der Waals surface area (Å²) in [6.07, 6.45) is 5.93. The van der Waals surface area contributed by atoms with Crippen LogP contribution >= 0.6 is 0 Å². The summed E-state index contributed by atoms with van der Waals surface area (Å²) < 4.78 is 0. The number of H-pyrrole nitrogens is 1. The van der Waals surface area contributed by atoms with E-state index in [2.05, 4.69) is 86.4 Å². The topological polar surface area (TPSA) is 92.5 Å². The van der Waals surface area contributed by atoms with Gasteiger partial charge < -0.3 is 11.1 Å². The monoisotopic (exact) mass is 426 g/mol. The van der Waals surface area contributed by atoms with E-state index in [4.69, 9.17) is 5.73 Å². The lowest BCUT2D eigenvalue weighted by Gasteiger charge is -2.30. The van der Waals surface area contributed by atoms with Crippen molar-refractivity contribution in [2.75, 3.05) is 12.3 Å². The third-order valence-corrected chi connectivity index (χ3v) is 6.78. The third kappa shape index (κ3) is 4.50. The lowest BCUT2D eigenvalue weighted by Crippen LogP contribution is -2.34. The van der Waals surface area contributed by atoms with Crippen LogP contribution in [0.3, 0.4) is 0 Å². The molecule has 164 valence electrons. The molecule has 0 bridgehead atoms. The lowest BCUT2D eigenvalue weighted by molar-refractivity contribution is 0.340. The van der Waals surface area contributed by atoms with Crippen LogP contribution in [0.25, 0.3) is 11.2 Å². The van der Waals surface area contributed by atoms with Crippen LogP contribution in [0.5, 0.6) is 0 Å². The molecule has 6 heteroatoms. The second-order valence-corrected chi connectivity index (χ2v) is 8.80. The van der Waals surface area contributed by atoms with E-state index >= 15 is 0 Å². The molecule has 1 aliphatic rings. The molecule has 1 fully saturated rings. The predicted octanol–water partition coefficient (Wildman–Crippen LogP) is 4.77. The molecule has 1 aliphatic carbocycles. The molecule has 2 heterocycles. The van der Waals surface area contributed by atoms with E-state index in [1.165, 1.54) is 36.8 Å². The molecule has 0 unspecified atom stereocenters. The van der Waals surface area contributed by atoms with E-state index in [0.29, 0.717) is 23.4 Å². The highest BCUT2D eigenvalue weighted by Gasteiger charge is 2.24. The number of fused-ring (bicyclic) bond motifs is 1. The fourth-order valence-electron chi connectivity index (χ4n) is 5.12. The second kappa shape index (κ2) is 9.49. The summed E-state index contributed by atoms with van der Waals surface area (Å²) in [6, 6.07) is 24.1. The number of nitrogen functional groups attached to an aromatic ring is 1. The Hall–Kier alpha value is -3.25. The summed E-state index contributed by atoms with van der Waals surface area (Å²) in [5.74, 6) is 1.36. The van der Waals surface area contributed by atoms with Crippen molar-refractivity contribution in [1.29, 1.82) is 0 Å². The highest BCUT2D eigenvalue weighted by Crippen LogP contribution is 2.34. The zero-order chi connectivity index (χ0) is 21.8. The average molecular weight is 427 g/mol. The zero-order valence-corrected chi connectivity index (χ0v) is 18.2. The van der Waals surface area contributed by atoms with Gasteiger partial charge >= 0.3 is 0 Å². The summed E-state index contributed by atoms with van der Waals surface area (Å²) >= 11 is 0. The standard InChI is InChI=1S/C26H30N6/c27-24-17-23(25-26(29-24)31-32-30-25)22(20-9-5-2-6-10-20)15-16-28-21-13-11-19(12-14-21)18-7-3-1-4-8-18/h1-10,17,19,21-22,28H,11-16H2,(H3,27,29,30,31,32)/t19?,21?,22-/m1/s1. The zero-order valence-electron chi connectivity index (χ0n) is 18.2. The van der Waals surface area contributed by atoms with Gasteiger partial charge in [0, 0.05) is 12.0 Å². The average Bonchev–Trinajstić information content (AvgIpc) is 3.31. The number of rotatable bonds is 7. The molecule has 1 atom stereocenters. The Labute approximate surface area is 188 Å². The van der Waals surface area contributed by atoms with Crippen molar-refractivity contribution in [3.05, 3.63) is 83.4 Å². The Balaban J connectivity index is 1.26. The molecule has 2 aromatic carbocycles. The van der Waals surface area contributed by atoms with Gasteiger partial charge in [-0.25, -0.2) is 4.98 Å². The summed E-state index contributed by atoms with van der Waals surface area (Å²) in [7, 11) is 0. The Bertz CT molecular complexity index is 1130. The van der Waals surface area contributed by atoms with Crippen LogP contribution in [0, 0.1) is 0 Å². The Kier molecular flexibility index (Phi) is 6.12. The van der Waals surface area contributed by atoms with Crippen LogP contribution in [-0.2, 0) is 0 Å². The Morgan fingerprint density at radius 1 is 0.938 bits per heavy atom. The first kappa shape index (κ1) is 20.6. The number of aromatic nitrogens is 4. The van der Waals surface area contributed by atoms with Gasteiger partial charge in [-0.2, -0.15) is 10.3 Å². The summed E-state index contributed by atoms with van der Waals surface area (Å²) in [5.41, 5.74) is 11.3. The molecule has 1 saturated carbocycles. The highest BCUT2D eigenvalue weighted by molar-refractivity contribution is 5.77. The first-order chi connectivity index (χ1) is 15.8. The molecule has 0 amide bonds. The van der Waals surface area contributed by atoms with Gasteiger partial charge in [-0.1, -0.05) is 60.7 Å². The van der Waals surface area contributed by atoms with E-state index in [1.807, 2.05) is 6.07 Å². The van der Waals surface area contributed by atoms with Gasteiger partial charge in [0.2, 0.25) is 5.65 Å². The molecular formula is C26H30N6. The van der Waals surface area contributed by atoms with Gasteiger partial charge in [0.1, 0.15) is 11.3 Å². The molecule has 0 radical (unpaired) electrons. The predicted molar refractivity (Wildman–Crippen MR) is 128 cm³/mol. The molecule has 32 heavy (non-hydrogen) atoms. The fraction of sp³-hybridized carbons (Fsp3) is 0.346. The van der Waals surface area contributed by atoms with Crippen LogP contribution < -0.4 is 11.1 Å². The van der Waals surface area contributed by atoms with Crippen molar-refractivity contribution in [2.45, 2.75) is 50.0 Å². The summed E-state index contributed by atoms with van der Waals surface area (Å²) in [5, 5.41) is 15.1. The molecule has 2 aromatic heterocycles. The van der Waals surface area contributed by atoms with Crippen LogP contribution in [0.15, 0.2) is 66.7 Å². The Morgan fingerprint density at radius 2 is 1.66 bits per heavy atom. The first-order valence-electron chi connectivity index (χ1n) is 11.6. The molecule has 0 saturated heterocycles. The summed E-state index contributed by atoms with van der Waals surface area (Å²) in [6.45, 7) is 0.946. The fourth-order valence-corrected chi connectivity index (χ4v) is 5.12. The van der Waals surface area contributed by atoms with E-state index in [0.717, 1.165) is 24.0 Å². The number of anilines is 1.